The normalized spacial score (nSPS) is 13.7. The Morgan fingerprint density at radius 2 is 2.12 bits per heavy atom. The van der Waals surface area contributed by atoms with Gasteiger partial charge in [-0.25, -0.2) is 14.6 Å². The molecule has 2 heterocycles. The molecular formula is C17H16N6S. The molecule has 0 bridgehead atoms. The number of benzene rings is 1. The highest BCUT2D eigenvalue weighted by molar-refractivity contribution is 7.09. The Hall–Kier alpha value is -2.85. The first-order chi connectivity index (χ1) is 11.7. The summed E-state index contributed by atoms with van der Waals surface area (Å²) in [5.74, 6) is -0.402. The van der Waals surface area contributed by atoms with Crippen molar-refractivity contribution in [2.45, 2.75) is 25.8 Å². The Labute approximate surface area is 144 Å². The maximum atomic E-state index is 9.32. The number of thiazole rings is 1. The van der Waals surface area contributed by atoms with Gasteiger partial charge in [0.2, 0.25) is 0 Å². The Balaban J connectivity index is 1.72. The number of aromatic nitrogens is 4. The van der Waals surface area contributed by atoms with Crippen LogP contribution < -0.4 is 0 Å². The van der Waals surface area contributed by atoms with Gasteiger partial charge in [0, 0.05) is 17.3 Å². The number of rotatable bonds is 5. The lowest BCUT2D eigenvalue weighted by molar-refractivity contribution is 0.815. The van der Waals surface area contributed by atoms with Crippen molar-refractivity contribution in [2.75, 3.05) is 0 Å². The van der Waals surface area contributed by atoms with Gasteiger partial charge >= 0.3 is 0 Å². The first kappa shape index (κ1) is 16.0. The molecule has 0 aliphatic rings. The van der Waals surface area contributed by atoms with Crippen LogP contribution in [0.4, 0.5) is 0 Å². The summed E-state index contributed by atoms with van der Waals surface area (Å²) < 4.78 is 1.70. The molecule has 7 heteroatoms. The number of aryl methyl sites for hydroxylation is 1. The molecule has 6 nitrogen and oxygen atoms in total. The highest BCUT2D eigenvalue weighted by atomic mass is 32.1. The summed E-state index contributed by atoms with van der Waals surface area (Å²) in [4.78, 5) is 12.8. The van der Waals surface area contributed by atoms with Crippen molar-refractivity contribution in [2.24, 2.45) is 4.99 Å². The van der Waals surface area contributed by atoms with Crippen molar-refractivity contribution >= 4 is 17.6 Å². The quantitative estimate of drug-likeness (QED) is 0.668. The first-order valence-corrected chi connectivity index (χ1v) is 8.35. The highest BCUT2D eigenvalue weighted by Crippen LogP contribution is 2.21. The molecule has 3 rings (SSSR count). The SMILES string of the molecule is Cc1csc([C@@H](C#N)C=N[C@@H](C)c2ccc(-n3cncn3)cc2)n1. The van der Waals surface area contributed by atoms with E-state index in [0.29, 0.717) is 0 Å². The number of nitrogens with zero attached hydrogens (tertiary/aromatic N) is 6. The van der Waals surface area contributed by atoms with Gasteiger partial charge in [-0.15, -0.1) is 11.3 Å². The number of hydrogen-bond acceptors (Lipinski definition) is 6. The van der Waals surface area contributed by atoms with Gasteiger partial charge in [-0.3, -0.25) is 4.99 Å². The third kappa shape index (κ3) is 3.55. The second-order valence-electron chi connectivity index (χ2n) is 5.34. The zero-order chi connectivity index (χ0) is 16.9. The van der Waals surface area contributed by atoms with Gasteiger partial charge in [-0.2, -0.15) is 10.4 Å². The molecule has 2 aromatic heterocycles. The van der Waals surface area contributed by atoms with Gasteiger partial charge in [-0.05, 0) is 31.5 Å². The van der Waals surface area contributed by atoms with Gasteiger partial charge in [0.1, 0.15) is 23.6 Å². The Morgan fingerprint density at radius 3 is 2.71 bits per heavy atom. The van der Waals surface area contributed by atoms with Crippen molar-refractivity contribution in [3.63, 3.8) is 0 Å². The minimum atomic E-state index is -0.402. The third-order valence-corrected chi connectivity index (χ3v) is 4.61. The molecule has 0 spiro atoms. The molecule has 0 amide bonds. The fourth-order valence-electron chi connectivity index (χ4n) is 2.22. The molecule has 0 N–H and O–H groups in total. The van der Waals surface area contributed by atoms with Gasteiger partial charge in [0.05, 0.1) is 17.8 Å². The van der Waals surface area contributed by atoms with Crippen LogP contribution in [0, 0.1) is 18.3 Å². The summed E-state index contributed by atoms with van der Waals surface area (Å²) in [6.07, 6.45) is 4.85. The summed E-state index contributed by atoms with van der Waals surface area (Å²) in [5.41, 5.74) is 2.95. The van der Waals surface area contributed by atoms with Crippen LogP contribution in [-0.2, 0) is 0 Å². The molecule has 1 aromatic carbocycles. The van der Waals surface area contributed by atoms with E-state index in [-0.39, 0.29) is 6.04 Å². The van der Waals surface area contributed by atoms with Gasteiger partial charge in [-0.1, -0.05) is 12.1 Å². The molecule has 2 atom stereocenters. The minimum Gasteiger partial charge on any atom is -0.288 e. The molecule has 120 valence electrons. The van der Waals surface area contributed by atoms with E-state index < -0.39 is 5.92 Å². The van der Waals surface area contributed by atoms with E-state index in [1.165, 1.54) is 17.7 Å². The highest BCUT2D eigenvalue weighted by Gasteiger charge is 2.12. The Bertz CT molecular complexity index is 857. The number of aliphatic imine (C=N–C) groups is 1. The van der Waals surface area contributed by atoms with E-state index in [4.69, 9.17) is 0 Å². The third-order valence-electron chi connectivity index (χ3n) is 3.56. The fourth-order valence-corrected chi connectivity index (χ4v) is 3.02. The predicted octanol–water partition coefficient (Wildman–Crippen LogP) is 3.47. The van der Waals surface area contributed by atoms with Crippen LogP contribution in [0.3, 0.4) is 0 Å². The van der Waals surface area contributed by atoms with Crippen LogP contribution in [0.1, 0.15) is 35.1 Å². The monoisotopic (exact) mass is 336 g/mol. The van der Waals surface area contributed by atoms with E-state index in [2.05, 4.69) is 26.1 Å². The topological polar surface area (TPSA) is 79.8 Å². The van der Waals surface area contributed by atoms with Crippen LogP contribution in [0.25, 0.3) is 5.69 Å². The second-order valence-corrected chi connectivity index (χ2v) is 6.23. The predicted molar refractivity (Wildman–Crippen MR) is 93.5 cm³/mol. The van der Waals surface area contributed by atoms with Gasteiger partial charge in [0.15, 0.2) is 0 Å². The van der Waals surface area contributed by atoms with Crippen LogP contribution >= 0.6 is 11.3 Å². The van der Waals surface area contributed by atoms with E-state index in [0.717, 1.165) is 22.0 Å². The standard InChI is InChI=1S/C17H16N6S/c1-12-9-24-17(22-12)15(7-18)8-20-13(2)14-3-5-16(6-4-14)23-11-19-10-21-23/h3-6,8-11,13,15H,1-2H3/t13-,15-/m0/s1. The Kier molecular flexibility index (Phi) is 4.77. The first-order valence-electron chi connectivity index (χ1n) is 7.47. The van der Waals surface area contributed by atoms with Crippen LogP contribution in [-0.4, -0.2) is 26.0 Å². The zero-order valence-electron chi connectivity index (χ0n) is 13.4. The lowest BCUT2D eigenvalue weighted by Crippen LogP contribution is -2.00. The smallest absolute Gasteiger partial charge is 0.138 e. The largest absolute Gasteiger partial charge is 0.288 e. The summed E-state index contributed by atoms with van der Waals surface area (Å²) in [7, 11) is 0. The summed E-state index contributed by atoms with van der Waals surface area (Å²) >= 11 is 1.49. The van der Waals surface area contributed by atoms with Crippen molar-refractivity contribution in [1.29, 1.82) is 5.26 Å². The van der Waals surface area contributed by atoms with Crippen molar-refractivity contribution in [1.82, 2.24) is 19.7 Å². The molecule has 0 unspecified atom stereocenters. The van der Waals surface area contributed by atoms with Crippen LogP contribution in [0.2, 0.25) is 0 Å². The number of nitriles is 1. The average Bonchev–Trinajstić information content (AvgIpc) is 3.27. The van der Waals surface area contributed by atoms with Gasteiger partial charge in [0.25, 0.3) is 0 Å². The molecule has 0 saturated heterocycles. The lowest BCUT2D eigenvalue weighted by atomic mass is 10.1. The minimum absolute atomic E-state index is 0.0355. The maximum Gasteiger partial charge on any atom is 0.138 e. The van der Waals surface area contributed by atoms with E-state index in [1.54, 1.807) is 17.2 Å². The molecule has 24 heavy (non-hydrogen) atoms. The summed E-state index contributed by atoms with van der Waals surface area (Å²) in [6, 6.07) is 10.2. The van der Waals surface area contributed by atoms with E-state index in [9.17, 15) is 5.26 Å². The van der Waals surface area contributed by atoms with Crippen molar-refractivity contribution in [3.8, 4) is 11.8 Å². The molecule has 3 aromatic rings. The average molecular weight is 336 g/mol. The fraction of sp³-hybridized carbons (Fsp3) is 0.235. The molecular weight excluding hydrogens is 320 g/mol. The number of hydrogen-bond donors (Lipinski definition) is 0. The zero-order valence-corrected chi connectivity index (χ0v) is 14.2. The van der Waals surface area contributed by atoms with Crippen molar-refractivity contribution in [3.05, 3.63) is 58.6 Å². The van der Waals surface area contributed by atoms with Crippen LogP contribution in [0.15, 0.2) is 47.3 Å². The molecule has 0 fully saturated rings. The summed E-state index contributed by atoms with van der Waals surface area (Å²) in [5, 5.41) is 16.2. The second kappa shape index (κ2) is 7.15. The Morgan fingerprint density at radius 1 is 1.33 bits per heavy atom. The molecule has 0 saturated carbocycles. The summed E-state index contributed by atoms with van der Waals surface area (Å²) in [6.45, 7) is 3.92. The van der Waals surface area contributed by atoms with Gasteiger partial charge < -0.3 is 0 Å². The van der Waals surface area contributed by atoms with E-state index >= 15 is 0 Å². The van der Waals surface area contributed by atoms with Crippen LogP contribution in [0.5, 0.6) is 0 Å². The lowest BCUT2D eigenvalue weighted by Gasteiger charge is -2.08. The molecule has 0 radical (unpaired) electrons. The molecule has 0 aliphatic carbocycles. The van der Waals surface area contributed by atoms with E-state index in [1.807, 2.05) is 43.5 Å². The molecule has 0 aliphatic heterocycles. The van der Waals surface area contributed by atoms with Crippen molar-refractivity contribution < 1.29 is 0 Å². The maximum absolute atomic E-state index is 9.32.